The predicted molar refractivity (Wildman–Crippen MR) is 84.6 cm³/mol. The van der Waals surface area contributed by atoms with Crippen LogP contribution in [0, 0.1) is 0 Å². The second kappa shape index (κ2) is 7.60. The fraction of sp³-hybridized carbons (Fsp3) is 0.188. The molecule has 0 aliphatic heterocycles. The number of nitrogens with zero attached hydrogens (tertiary/aromatic N) is 2. The molecule has 0 unspecified atom stereocenters. The lowest BCUT2D eigenvalue weighted by Crippen LogP contribution is -2.35. The van der Waals surface area contributed by atoms with E-state index in [1.807, 2.05) is 0 Å². The quantitative estimate of drug-likeness (QED) is 0.877. The topological polar surface area (TPSA) is 79.7 Å². The summed E-state index contributed by atoms with van der Waals surface area (Å²) in [6.07, 6.45) is 1.36. The molecular weight excluding hydrogens is 320 g/mol. The van der Waals surface area contributed by atoms with Gasteiger partial charge in [-0.1, -0.05) is 23.7 Å². The van der Waals surface area contributed by atoms with E-state index in [2.05, 4.69) is 4.98 Å². The highest BCUT2D eigenvalue weighted by atomic mass is 35.5. The van der Waals surface area contributed by atoms with Gasteiger partial charge in [-0.2, -0.15) is 0 Å². The van der Waals surface area contributed by atoms with Crippen molar-refractivity contribution < 1.29 is 19.4 Å². The van der Waals surface area contributed by atoms with Gasteiger partial charge in [0.05, 0.1) is 12.7 Å². The van der Waals surface area contributed by atoms with E-state index in [0.717, 1.165) is 5.56 Å². The highest BCUT2D eigenvalue weighted by Crippen LogP contribution is 2.14. The minimum atomic E-state index is -1.09. The Bertz CT molecular complexity index is 686. The van der Waals surface area contributed by atoms with E-state index in [1.165, 1.54) is 18.2 Å². The molecule has 2 rings (SSSR count). The van der Waals surface area contributed by atoms with Crippen LogP contribution >= 0.6 is 11.6 Å². The van der Waals surface area contributed by atoms with Crippen LogP contribution in [0.4, 0.5) is 0 Å². The molecule has 2 aromatic rings. The number of hydrogen-bond acceptors (Lipinski definition) is 4. The van der Waals surface area contributed by atoms with Crippen molar-refractivity contribution in [2.75, 3.05) is 13.7 Å². The van der Waals surface area contributed by atoms with Gasteiger partial charge in [0.25, 0.3) is 5.91 Å². The highest BCUT2D eigenvalue weighted by Gasteiger charge is 2.19. The van der Waals surface area contributed by atoms with Crippen LogP contribution in [0.3, 0.4) is 0 Å². The summed E-state index contributed by atoms with van der Waals surface area (Å²) < 4.78 is 4.94. The molecular formula is C16H15ClN2O4. The Kier molecular flexibility index (Phi) is 5.54. The van der Waals surface area contributed by atoms with Gasteiger partial charge in [0, 0.05) is 23.8 Å². The molecule has 120 valence electrons. The summed E-state index contributed by atoms with van der Waals surface area (Å²) in [6, 6.07) is 9.97. The van der Waals surface area contributed by atoms with Gasteiger partial charge in [-0.25, -0.2) is 4.98 Å². The normalized spacial score (nSPS) is 10.2. The number of amides is 1. The van der Waals surface area contributed by atoms with E-state index in [4.69, 9.17) is 21.4 Å². The SMILES string of the molecule is COc1ccc(C(=O)N(CC(=O)O)Cc2ccc(Cl)cc2)cn1. The number of halogens is 1. The third-order valence-corrected chi connectivity index (χ3v) is 3.34. The molecule has 0 aliphatic carbocycles. The van der Waals surface area contributed by atoms with E-state index in [9.17, 15) is 9.59 Å². The molecule has 6 nitrogen and oxygen atoms in total. The third-order valence-electron chi connectivity index (χ3n) is 3.09. The van der Waals surface area contributed by atoms with Crippen molar-refractivity contribution in [3.8, 4) is 5.88 Å². The molecule has 1 N–H and O–H groups in total. The number of carboxylic acid groups (broad SMARTS) is 1. The lowest BCUT2D eigenvalue weighted by molar-refractivity contribution is -0.137. The second-order valence-corrected chi connectivity index (χ2v) is 5.21. The van der Waals surface area contributed by atoms with Crippen molar-refractivity contribution in [3.63, 3.8) is 0 Å². The molecule has 1 heterocycles. The Morgan fingerprint density at radius 1 is 1.22 bits per heavy atom. The molecule has 7 heteroatoms. The smallest absolute Gasteiger partial charge is 0.323 e. The minimum absolute atomic E-state index is 0.161. The van der Waals surface area contributed by atoms with Gasteiger partial charge in [-0.3, -0.25) is 9.59 Å². The lowest BCUT2D eigenvalue weighted by Gasteiger charge is -2.21. The number of pyridine rings is 1. The number of ether oxygens (including phenoxy) is 1. The number of aromatic nitrogens is 1. The average molecular weight is 335 g/mol. The first-order valence-corrected chi connectivity index (χ1v) is 7.13. The Morgan fingerprint density at radius 2 is 1.91 bits per heavy atom. The summed E-state index contributed by atoms with van der Waals surface area (Å²) in [7, 11) is 1.47. The summed E-state index contributed by atoms with van der Waals surface area (Å²) >= 11 is 5.82. The zero-order valence-corrected chi connectivity index (χ0v) is 13.2. The number of hydrogen-bond donors (Lipinski definition) is 1. The van der Waals surface area contributed by atoms with Crippen molar-refractivity contribution in [1.29, 1.82) is 0 Å². The molecule has 1 amide bonds. The van der Waals surface area contributed by atoms with E-state index >= 15 is 0 Å². The van der Waals surface area contributed by atoms with Crippen LogP contribution in [0.2, 0.25) is 5.02 Å². The molecule has 0 saturated carbocycles. The first kappa shape index (κ1) is 16.8. The number of carbonyl (C=O) groups excluding carboxylic acids is 1. The summed E-state index contributed by atoms with van der Waals surface area (Å²) in [5.41, 5.74) is 1.08. The van der Waals surface area contributed by atoms with Gasteiger partial charge in [-0.05, 0) is 23.8 Å². The summed E-state index contributed by atoms with van der Waals surface area (Å²) in [4.78, 5) is 28.7. The van der Waals surface area contributed by atoms with Gasteiger partial charge in [0.15, 0.2) is 0 Å². The Hall–Kier alpha value is -2.60. The number of benzene rings is 1. The molecule has 0 aliphatic rings. The Labute approximate surface area is 138 Å². The van der Waals surface area contributed by atoms with Crippen molar-refractivity contribution in [1.82, 2.24) is 9.88 Å². The third kappa shape index (κ3) is 4.69. The molecule has 1 aromatic carbocycles. The molecule has 0 bridgehead atoms. The van der Waals surface area contributed by atoms with Crippen LogP contribution in [-0.2, 0) is 11.3 Å². The van der Waals surface area contributed by atoms with E-state index < -0.39 is 18.4 Å². The molecule has 0 radical (unpaired) electrons. The molecule has 0 atom stereocenters. The Balaban J connectivity index is 2.20. The van der Waals surface area contributed by atoms with Crippen molar-refractivity contribution in [3.05, 3.63) is 58.7 Å². The number of methoxy groups -OCH3 is 1. The van der Waals surface area contributed by atoms with Crippen LogP contribution in [0.5, 0.6) is 5.88 Å². The lowest BCUT2D eigenvalue weighted by atomic mass is 10.2. The highest BCUT2D eigenvalue weighted by molar-refractivity contribution is 6.30. The molecule has 0 saturated heterocycles. The maximum absolute atomic E-state index is 12.5. The van der Waals surface area contributed by atoms with E-state index in [0.29, 0.717) is 16.5 Å². The van der Waals surface area contributed by atoms with Crippen molar-refractivity contribution in [2.45, 2.75) is 6.54 Å². The summed E-state index contributed by atoms with van der Waals surface area (Å²) in [5, 5.41) is 9.61. The van der Waals surface area contributed by atoms with E-state index in [1.54, 1.807) is 36.4 Å². The number of aliphatic carboxylic acids is 1. The largest absolute Gasteiger partial charge is 0.481 e. The molecule has 0 spiro atoms. The minimum Gasteiger partial charge on any atom is -0.481 e. The maximum atomic E-state index is 12.5. The van der Waals surface area contributed by atoms with Crippen LogP contribution in [0.15, 0.2) is 42.6 Å². The first-order valence-electron chi connectivity index (χ1n) is 6.75. The second-order valence-electron chi connectivity index (χ2n) is 4.77. The van der Waals surface area contributed by atoms with Crippen LogP contribution in [0.25, 0.3) is 0 Å². The molecule has 23 heavy (non-hydrogen) atoms. The van der Waals surface area contributed by atoms with Gasteiger partial charge >= 0.3 is 5.97 Å². The summed E-state index contributed by atoms with van der Waals surface area (Å²) in [6.45, 7) is -0.248. The van der Waals surface area contributed by atoms with Gasteiger partial charge in [-0.15, -0.1) is 0 Å². The fourth-order valence-electron chi connectivity index (χ4n) is 1.98. The monoisotopic (exact) mass is 334 g/mol. The molecule has 0 fully saturated rings. The number of carboxylic acids is 1. The first-order chi connectivity index (χ1) is 11.0. The summed E-state index contributed by atoms with van der Waals surface area (Å²) in [5.74, 6) is -1.13. The zero-order valence-electron chi connectivity index (χ0n) is 12.4. The van der Waals surface area contributed by atoms with Crippen LogP contribution in [-0.4, -0.2) is 40.5 Å². The van der Waals surface area contributed by atoms with Gasteiger partial charge in [0.1, 0.15) is 6.54 Å². The average Bonchev–Trinajstić information content (AvgIpc) is 2.55. The zero-order chi connectivity index (χ0) is 16.8. The maximum Gasteiger partial charge on any atom is 0.323 e. The van der Waals surface area contributed by atoms with Crippen LogP contribution in [0.1, 0.15) is 15.9 Å². The van der Waals surface area contributed by atoms with Crippen molar-refractivity contribution >= 4 is 23.5 Å². The predicted octanol–water partition coefficient (Wildman–Crippen LogP) is 2.47. The number of rotatable bonds is 6. The molecule has 1 aromatic heterocycles. The Morgan fingerprint density at radius 3 is 2.43 bits per heavy atom. The van der Waals surface area contributed by atoms with Gasteiger partial charge < -0.3 is 14.7 Å². The standard InChI is InChI=1S/C16H15ClN2O4/c1-23-14-7-4-12(8-18-14)16(22)19(10-15(20)21)9-11-2-5-13(17)6-3-11/h2-8H,9-10H2,1H3,(H,20,21). The van der Waals surface area contributed by atoms with Crippen molar-refractivity contribution in [2.24, 2.45) is 0 Å². The van der Waals surface area contributed by atoms with Gasteiger partial charge in [0.2, 0.25) is 5.88 Å². The van der Waals surface area contributed by atoms with E-state index in [-0.39, 0.29) is 6.54 Å². The number of carbonyl (C=O) groups is 2. The van der Waals surface area contributed by atoms with Crippen LogP contribution < -0.4 is 4.74 Å². The fourth-order valence-corrected chi connectivity index (χ4v) is 2.11.